The molecular formula is C33H31ClN6O2. The summed E-state index contributed by atoms with van der Waals surface area (Å²) in [6.45, 7) is 5.24. The van der Waals surface area contributed by atoms with Crippen LogP contribution in [0.15, 0.2) is 91.3 Å². The van der Waals surface area contributed by atoms with Gasteiger partial charge in [-0.25, -0.2) is 4.98 Å². The predicted molar refractivity (Wildman–Crippen MR) is 164 cm³/mol. The number of rotatable bonds is 6. The summed E-state index contributed by atoms with van der Waals surface area (Å²) in [5.74, 6) is 6.27. The van der Waals surface area contributed by atoms with Crippen molar-refractivity contribution < 1.29 is 9.59 Å². The average molecular weight is 579 g/mol. The lowest BCUT2D eigenvalue weighted by atomic mass is 10.0. The maximum Gasteiger partial charge on any atom is 0.255 e. The Balaban J connectivity index is 0.00000353. The van der Waals surface area contributed by atoms with E-state index < -0.39 is 6.04 Å². The van der Waals surface area contributed by atoms with Gasteiger partial charge < -0.3 is 15.5 Å². The maximum atomic E-state index is 13.7. The minimum atomic E-state index is -0.807. The standard InChI is InChI=1S/C33H30N6O2.ClH/c40-32(37-30-8-4-5-15-35-30)31(26-6-2-1-3-7-26)39-22-27-13-11-24(20-29(27)33(39)41)9-10-25-12-14-28(36-21-25)23-38-18-16-34-17-19-38;/h1-8,11-15,20-21,31,34H,16-19,22-23H2,(H,35,37,40);1H. The number of fused-ring (bicyclic) bond motifs is 1. The number of anilines is 1. The zero-order valence-electron chi connectivity index (χ0n) is 23.0. The van der Waals surface area contributed by atoms with E-state index in [1.54, 1.807) is 35.5 Å². The topological polar surface area (TPSA) is 90.5 Å². The zero-order chi connectivity index (χ0) is 28.0. The number of amides is 2. The van der Waals surface area contributed by atoms with Gasteiger partial charge in [0.2, 0.25) is 0 Å². The van der Waals surface area contributed by atoms with E-state index in [-0.39, 0.29) is 24.2 Å². The van der Waals surface area contributed by atoms with E-state index in [4.69, 9.17) is 0 Å². The van der Waals surface area contributed by atoms with E-state index in [0.717, 1.165) is 60.7 Å². The molecule has 9 heteroatoms. The highest BCUT2D eigenvalue weighted by Gasteiger charge is 2.37. The van der Waals surface area contributed by atoms with Crippen LogP contribution in [0.25, 0.3) is 0 Å². The fourth-order valence-electron chi connectivity index (χ4n) is 5.18. The summed E-state index contributed by atoms with van der Waals surface area (Å²) in [5, 5.41) is 6.23. The zero-order valence-corrected chi connectivity index (χ0v) is 23.8. The average Bonchev–Trinajstić information content (AvgIpc) is 3.33. The Labute approximate surface area is 251 Å². The second kappa shape index (κ2) is 13.4. The van der Waals surface area contributed by atoms with E-state index >= 15 is 0 Å². The van der Waals surface area contributed by atoms with Crippen LogP contribution in [0, 0.1) is 11.8 Å². The summed E-state index contributed by atoms with van der Waals surface area (Å²) in [6, 6.07) is 23.5. The van der Waals surface area contributed by atoms with Gasteiger partial charge in [-0.05, 0) is 47.5 Å². The Morgan fingerprint density at radius 3 is 2.43 bits per heavy atom. The van der Waals surface area contributed by atoms with Crippen molar-refractivity contribution in [1.29, 1.82) is 0 Å². The maximum absolute atomic E-state index is 13.7. The first-order valence-corrected chi connectivity index (χ1v) is 13.7. The molecule has 2 N–H and O–H groups in total. The number of halogens is 1. The number of hydrogen-bond acceptors (Lipinski definition) is 6. The monoisotopic (exact) mass is 578 g/mol. The fourth-order valence-corrected chi connectivity index (χ4v) is 5.18. The molecule has 1 unspecified atom stereocenters. The Bertz CT molecular complexity index is 1600. The lowest BCUT2D eigenvalue weighted by Crippen LogP contribution is -2.43. The Kier molecular flexibility index (Phi) is 9.25. The van der Waals surface area contributed by atoms with Crippen molar-refractivity contribution >= 4 is 30.0 Å². The van der Waals surface area contributed by atoms with E-state index in [1.807, 2.05) is 60.7 Å². The highest BCUT2D eigenvalue weighted by atomic mass is 35.5. The summed E-state index contributed by atoms with van der Waals surface area (Å²) in [5.41, 5.74) is 4.74. The molecule has 42 heavy (non-hydrogen) atoms. The smallest absolute Gasteiger partial charge is 0.255 e. The molecule has 2 aliphatic heterocycles. The van der Waals surface area contributed by atoms with Gasteiger partial charge in [0.05, 0.1) is 5.69 Å². The van der Waals surface area contributed by atoms with Gasteiger partial charge in [0.1, 0.15) is 11.9 Å². The molecule has 1 fully saturated rings. The number of carbonyl (C=O) groups excluding carboxylic acids is 2. The molecular weight excluding hydrogens is 548 g/mol. The van der Waals surface area contributed by atoms with Gasteiger partial charge in [-0.15, -0.1) is 12.4 Å². The first-order chi connectivity index (χ1) is 20.1. The number of nitrogens with zero attached hydrogens (tertiary/aromatic N) is 4. The quantitative estimate of drug-likeness (QED) is 0.336. The molecule has 0 radical (unpaired) electrons. The third-order valence-corrected chi connectivity index (χ3v) is 7.30. The first-order valence-electron chi connectivity index (χ1n) is 13.7. The third-order valence-electron chi connectivity index (χ3n) is 7.30. The summed E-state index contributed by atoms with van der Waals surface area (Å²) >= 11 is 0. The number of carbonyl (C=O) groups is 2. The normalized spacial score (nSPS) is 15.1. The van der Waals surface area contributed by atoms with E-state index in [2.05, 4.69) is 37.3 Å². The van der Waals surface area contributed by atoms with Crippen molar-refractivity contribution in [2.24, 2.45) is 0 Å². The number of hydrogen-bond donors (Lipinski definition) is 2. The summed E-state index contributed by atoms with van der Waals surface area (Å²) in [4.78, 5) is 39.9. The molecule has 1 saturated heterocycles. The first kappa shape index (κ1) is 29.0. The van der Waals surface area contributed by atoms with Gasteiger partial charge in [-0.1, -0.05) is 54.3 Å². The van der Waals surface area contributed by atoms with Crippen LogP contribution in [-0.4, -0.2) is 57.8 Å². The van der Waals surface area contributed by atoms with Gasteiger partial charge in [-0.2, -0.15) is 0 Å². The number of nitrogens with one attached hydrogen (secondary N) is 2. The molecule has 4 aromatic rings. The van der Waals surface area contributed by atoms with Crippen LogP contribution in [-0.2, 0) is 17.9 Å². The number of benzene rings is 2. The second-order valence-electron chi connectivity index (χ2n) is 10.1. The molecule has 0 bridgehead atoms. The lowest BCUT2D eigenvalue weighted by Gasteiger charge is -2.27. The molecule has 0 aliphatic carbocycles. The van der Waals surface area contributed by atoms with Crippen LogP contribution in [0.3, 0.4) is 0 Å². The molecule has 0 spiro atoms. The minimum Gasteiger partial charge on any atom is -0.318 e. The number of pyridine rings is 2. The molecule has 2 aliphatic rings. The van der Waals surface area contributed by atoms with Crippen molar-refractivity contribution in [2.45, 2.75) is 19.1 Å². The van der Waals surface area contributed by atoms with Crippen molar-refractivity contribution in [1.82, 2.24) is 25.1 Å². The van der Waals surface area contributed by atoms with E-state index in [9.17, 15) is 9.59 Å². The van der Waals surface area contributed by atoms with Gasteiger partial charge in [0.15, 0.2) is 0 Å². The van der Waals surface area contributed by atoms with Crippen LogP contribution >= 0.6 is 12.4 Å². The van der Waals surface area contributed by atoms with Crippen molar-refractivity contribution in [3.05, 3.63) is 125 Å². The van der Waals surface area contributed by atoms with Crippen LogP contribution < -0.4 is 10.6 Å². The molecule has 1 atom stereocenters. The highest BCUT2D eigenvalue weighted by Crippen LogP contribution is 2.33. The van der Waals surface area contributed by atoms with Gasteiger partial charge in [0.25, 0.3) is 11.8 Å². The lowest BCUT2D eigenvalue weighted by molar-refractivity contribution is -0.120. The van der Waals surface area contributed by atoms with Crippen molar-refractivity contribution in [3.8, 4) is 11.8 Å². The van der Waals surface area contributed by atoms with E-state index in [1.165, 1.54) is 0 Å². The number of aromatic nitrogens is 2. The minimum absolute atomic E-state index is 0. The van der Waals surface area contributed by atoms with Gasteiger partial charge >= 0.3 is 0 Å². The van der Waals surface area contributed by atoms with Crippen LogP contribution in [0.2, 0.25) is 0 Å². The van der Waals surface area contributed by atoms with E-state index in [0.29, 0.717) is 17.9 Å². The molecule has 8 nitrogen and oxygen atoms in total. The van der Waals surface area contributed by atoms with Crippen LogP contribution in [0.1, 0.15) is 44.3 Å². The Morgan fingerprint density at radius 1 is 0.929 bits per heavy atom. The molecule has 6 rings (SSSR count). The molecule has 2 amide bonds. The third kappa shape index (κ3) is 6.67. The predicted octanol–water partition coefficient (Wildman–Crippen LogP) is 4.04. The molecule has 4 heterocycles. The van der Waals surface area contributed by atoms with Gasteiger partial charge in [0, 0.05) is 68.4 Å². The van der Waals surface area contributed by atoms with Crippen LogP contribution in [0.4, 0.5) is 5.82 Å². The summed E-state index contributed by atoms with van der Waals surface area (Å²) in [6.07, 6.45) is 3.42. The second-order valence-corrected chi connectivity index (χ2v) is 10.1. The molecule has 2 aromatic carbocycles. The van der Waals surface area contributed by atoms with Crippen molar-refractivity contribution in [2.75, 3.05) is 31.5 Å². The Morgan fingerprint density at radius 2 is 1.69 bits per heavy atom. The highest BCUT2D eigenvalue weighted by molar-refractivity contribution is 6.04. The summed E-state index contributed by atoms with van der Waals surface area (Å²) in [7, 11) is 0. The largest absolute Gasteiger partial charge is 0.318 e. The molecule has 212 valence electrons. The molecule has 2 aromatic heterocycles. The Hall–Kier alpha value is -4.55. The fraction of sp³-hybridized carbons (Fsp3) is 0.212. The van der Waals surface area contributed by atoms with Crippen molar-refractivity contribution in [3.63, 3.8) is 0 Å². The SMILES string of the molecule is Cl.O=C(Nc1ccccn1)C(c1ccccc1)N1Cc2ccc(C#Cc3ccc(CN4CCNCC4)nc3)cc2C1=O. The van der Waals surface area contributed by atoms with Gasteiger partial charge in [-0.3, -0.25) is 19.5 Å². The van der Waals surface area contributed by atoms with Crippen LogP contribution in [0.5, 0.6) is 0 Å². The molecule has 0 saturated carbocycles. The number of piperazine rings is 1. The summed E-state index contributed by atoms with van der Waals surface area (Å²) < 4.78 is 0.